The van der Waals surface area contributed by atoms with Crippen LogP contribution >= 0.6 is 27.3 Å². The third-order valence-electron chi connectivity index (χ3n) is 2.66. The summed E-state index contributed by atoms with van der Waals surface area (Å²) in [6, 6.07) is 12.5. The van der Waals surface area contributed by atoms with Gasteiger partial charge in [0.25, 0.3) is 0 Å². The SMILES string of the molecule is COc1ccccc1CC(Br)c1ccc(C)s1. The summed E-state index contributed by atoms with van der Waals surface area (Å²) in [6.45, 7) is 2.14. The molecule has 2 aromatic rings. The Morgan fingerprint density at radius 3 is 2.65 bits per heavy atom. The lowest BCUT2D eigenvalue weighted by Gasteiger charge is -2.11. The van der Waals surface area contributed by atoms with Gasteiger partial charge in [0.15, 0.2) is 0 Å². The van der Waals surface area contributed by atoms with Crippen LogP contribution in [0.4, 0.5) is 0 Å². The number of alkyl halides is 1. The molecule has 2 rings (SSSR count). The maximum Gasteiger partial charge on any atom is 0.122 e. The van der Waals surface area contributed by atoms with Crippen molar-refractivity contribution in [2.24, 2.45) is 0 Å². The maximum absolute atomic E-state index is 5.37. The van der Waals surface area contributed by atoms with Crippen LogP contribution in [0.2, 0.25) is 0 Å². The fourth-order valence-electron chi connectivity index (χ4n) is 1.79. The zero-order valence-electron chi connectivity index (χ0n) is 9.94. The molecule has 1 aromatic carbocycles. The van der Waals surface area contributed by atoms with Crippen LogP contribution in [0.3, 0.4) is 0 Å². The highest BCUT2D eigenvalue weighted by molar-refractivity contribution is 9.09. The van der Waals surface area contributed by atoms with Gasteiger partial charge in [-0.2, -0.15) is 0 Å². The second-order valence-corrected chi connectivity index (χ2v) is 6.36. The number of benzene rings is 1. The van der Waals surface area contributed by atoms with E-state index in [-0.39, 0.29) is 0 Å². The molecule has 3 heteroatoms. The summed E-state index contributed by atoms with van der Waals surface area (Å²) >= 11 is 5.60. The first-order chi connectivity index (χ1) is 8.20. The van der Waals surface area contributed by atoms with Gasteiger partial charge in [-0.05, 0) is 37.1 Å². The van der Waals surface area contributed by atoms with E-state index in [1.807, 2.05) is 23.5 Å². The lowest BCUT2D eigenvalue weighted by atomic mass is 10.1. The average molecular weight is 311 g/mol. The normalized spacial score (nSPS) is 12.4. The van der Waals surface area contributed by atoms with Gasteiger partial charge in [0.2, 0.25) is 0 Å². The number of hydrogen-bond donors (Lipinski definition) is 0. The van der Waals surface area contributed by atoms with Gasteiger partial charge in [-0.1, -0.05) is 34.1 Å². The average Bonchev–Trinajstić information content (AvgIpc) is 2.77. The highest BCUT2D eigenvalue weighted by Crippen LogP contribution is 2.34. The Morgan fingerprint density at radius 1 is 1.24 bits per heavy atom. The van der Waals surface area contributed by atoms with Crippen molar-refractivity contribution in [3.05, 3.63) is 51.7 Å². The molecule has 0 saturated carbocycles. The Kier molecular flexibility index (Phi) is 4.24. The lowest BCUT2D eigenvalue weighted by molar-refractivity contribution is 0.409. The summed E-state index contributed by atoms with van der Waals surface area (Å²) in [4.78, 5) is 3.08. The van der Waals surface area contributed by atoms with Crippen LogP contribution < -0.4 is 4.74 Å². The summed E-state index contributed by atoms with van der Waals surface area (Å²) in [5, 5.41) is 0. The van der Waals surface area contributed by atoms with Crippen LogP contribution in [0.5, 0.6) is 5.75 Å². The number of halogens is 1. The fraction of sp³-hybridized carbons (Fsp3) is 0.286. The van der Waals surface area contributed by atoms with E-state index >= 15 is 0 Å². The molecule has 1 heterocycles. The van der Waals surface area contributed by atoms with Crippen LogP contribution in [0.15, 0.2) is 36.4 Å². The van der Waals surface area contributed by atoms with Gasteiger partial charge in [-0.15, -0.1) is 11.3 Å². The Hall–Kier alpha value is -0.800. The van der Waals surface area contributed by atoms with E-state index in [1.165, 1.54) is 15.3 Å². The van der Waals surface area contributed by atoms with Crippen LogP contribution in [0.25, 0.3) is 0 Å². The van der Waals surface area contributed by atoms with Crippen molar-refractivity contribution in [1.82, 2.24) is 0 Å². The van der Waals surface area contributed by atoms with Gasteiger partial charge in [-0.25, -0.2) is 0 Å². The molecule has 0 amide bonds. The molecule has 0 N–H and O–H groups in total. The van der Waals surface area contributed by atoms with Gasteiger partial charge in [-0.3, -0.25) is 0 Å². The van der Waals surface area contributed by atoms with Crippen LogP contribution in [0, 0.1) is 6.92 Å². The summed E-state index contributed by atoms with van der Waals surface area (Å²) in [5.41, 5.74) is 1.24. The molecule has 0 aliphatic heterocycles. The minimum absolute atomic E-state index is 0.359. The summed E-state index contributed by atoms with van der Waals surface area (Å²) in [7, 11) is 1.72. The minimum Gasteiger partial charge on any atom is -0.496 e. The minimum atomic E-state index is 0.359. The molecule has 0 radical (unpaired) electrons. The number of ether oxygens (including phenoxy) is 1. The molecule has 1 atom stereocenters. The Balaban J connectivity index is 2.15. The van der Waals surface area contributed by atoms with E-state index in [0.717, 1.165) is 12.2 Å². The molecule has 0 saturated heterocycles. The van der Waals surface area contributed by atoms with Crippen LogP contribution in [-0.2, 0) is 6.42 Å². The topological polar surface area (TPSA) is 9.23 Å². The predicted molar refractivity (Wildman–Crippen MR) is 77.4 cm³/mol. The van der Waals surface area contributed by atoms with E-state index in [9.17, 15) is 0 Å². The first-order valence-corrected chi connectivity index (χ1v) is 7.26. The van der Waals surface area contributed by atoms with Crippen molar-refractivity contribution in [1.29, 1.82) is 0 Å². The van der Waals surface area contributed by atoms with Crippen molar-refractivity contribution in [2.75, 3.05) is 7.11 Å². The molecule has 17 heavy (non-hydrogen) atoms. The Morgan fingerprint density at radius 2 is 2.00 bits per heavy atom. The largest absolute Gasteiger partial charge is 0.496 e. The van der Waals surface area contributed by atoms with E-state index in [2.05, 4.69) is 47.1 Å². The van der Waals surface area contributed by atoms with Crippen molar-refractivity contribution in [3.63, 3.8) is 0 Å². The van der Waals surface area contributed by atoms with Crippen molar-refractivity contribution >= 4 is 27.3 Å². The maximum atomic E-state index is 5.37. The second kappa shape index (κ2) is 5.69. The second-order valence-electron chi connectivity index (χ2n) is 3.93. The van der Waals surface area contributed by atoms with Crippen LogP contribution in [0.1, 0.15) is 20.1 Å². The monoisotopic (exact) mass is 310 g/mol. The molecular formula is C14H15BrOS. The van der Waals surface area contributed by atoms with Crippen molar-refractivity contribution in [2.45, 2.75) is 18.2 Å². The fourth-order valence-corrected chi connectivity index (χ4v) is 3.42. The molecule has 0 spiro atoms. The van der Waals surface area contributed by atoms with Crippen molar-refractivity contribution in [3.8, 4) is 5.75 Å². The molecule has 0 aliphatic carbocycles. The first-order valence-electron chi connectivity index (χ1n) is 5.53. The summed E-state index contributed by atoms with van der Waals surface area (Å²) in [6.07, 6.45) is 0.948. The van der Waals surface area contributed by atoms with E-state index < -0.39 is 0 Å². The van der Waals surface area contributed by atoms with Gasteiger partial charge >= 0.3 is 0 Å². The number of thiophene rings is 1. The number of methoxy groups -OCH3 is 1. The smallest absolute Gasteiger partial charge is 0.122 e. The number of aryl methyl sites for hydroxylation is 1. The zero-order chi connectivity index (χ0) is 12.3. The van der Waals surface area contributed by atoms with Crippen molar-refractivity contribution < 1.29 is 4.74 Å². The van der Waals surface area contributed by atoms with E-state index in [0.29, 0.717) is 4.83 Å². The third-order valence-corrected chi connectivity index (χ3v) is 4.90. The molecule has 0 bridgehead atoms. The van der Waals surface area contributed by atoms with E-state index in [1.54, 1.807) is 7.11 Å². The highest BCUT2D eigenvalue weighted by Gasteiger charge is 2.12. The van der Waals surface area contributed by atoms with Gasteiger partial charge in [0.1, 0.15) is 5.75 Å². The van der Waals surface area contributed by atoms with Gasteiger partial charge in [0, 0.05) is 9.75 Å². The quantitative estimate of drug-likeness (QED) is 0.741. The van der Waals surface area contributed by atoms with Gasteiger partial charge in [0.05, 0.1) is 11.9 Å². The zero-order valence-corrected chi connectivity index (χ0v) is 12.3. The molecule has 0 fully saturated rings. The number of para-hydroxylation sites is 1. The number of hydrogen-bond acceptors (Lipinski definition) is 2. The molecule has 1 aromatic heterocycles. The standard InChI is InChI=1S/C14H15BrOS/c1-10-7-8-14(17-10)12(15)9-11-5-3-4-6-13(11)16-2/h3-8,12H,9H2,1-2H3. The molecule has 1 unspecified atom stereocenters. The molecular weight excluding hydrogens is 296 g/mol. The molecule has 90 valence electrons. The van der Waals surface area contributed by atoms with Crippen LogP contribution in [-0.4, -0.2) is 7.11 Å². The van der Waals surface area contributed by atoms with E-state index in [4.69, 9.17) is 4.74 Å². The third kappa shape index (κ3) is 3.11. The summed E-state index contributed by atoms with van der Waals surface area (Å²) in [5.74, 6) is 0.963. The molecule has 0 aliphatic rings. The molecule has 1 nitrogen and oxygen atoms in total. The predicted octanol–water partition coefficient (Wildman–Crippen LogP) is 4.74. The Labute approximate surface area is 115 Å². The lowest BCUT2D eigenvalue weighted by Crippen LogP contribution is -1.96. The van der Waals surface area contributed by atoms with Gasteiger partial charge < -0.3 is 4.74 Å². The Bertz CT molecular complexity index is 492. The highest BCUT2D eigenvalue weighted by atomic mass is 79.9. The first kappa shape index (κ1) is 12.7. The summed E-state index contributed by atoms with van der Waals surface area (Å²) < 4.78 is 5.37. The number of rotatable bonds is 4.